The Morgan fingerprint density at radius 3 is 1.57 bits per heavy atom. The first-order valence-electron chi connectivity index (χ1n) is 26.9. The van der Waals surface area contributed by atoms with Crippen molar-refractivity contribution >= 4 is 82.8 Å². The van der Waals surface area contributed by atoms with Crippen molar-refractivity contribution in [2.45, 2.75) is 108 Å². The lowest BCUT2D eigenvalue weighted by Gasteiger charge is -2.29. The maximum atomic E-state index is 14.0. The zero-order valence-corrected chi connectivity index (χ0v) is 46.3. The first-order chi connectivity index (χ1) is 39.9. The van der Waals surface area contributed by atoms with E-state index in [0.29, 0.717) is 30.4 Å². The lowest BCUT2D eigenvalue weighted by Crippen LogP contribution is -2.59. The highest BCUT2D eigenvalue weighted by Gasteiger charge is 2.39. The minimum Gasteiger partial charge on any atom is -0.508 e. The standard InChI is InChI=1S/C53H73N13O18/c1-29(2)18-36(53(84)66-17-7-10-38(66)51(82)59-27-46(76)77)61-43(72)26-58-47(78)33(19-30-8-4-3-5-9-30)62-50(81)35(21-45(74)75)63-49(80)34(20-31-12-14-32(68)15-13-31)60-42(71)25-56-40(69)23-55-41(70)24-57-48(79)37(28-67)64-52(83)39-11-6-16-65(39)44(73)22-54/h3-5,8-9,12-15,29,33-39,67-68H,6-7,10-11,16-28,54H2,1-2H3,(H,55,70)(H,56,69)(H,57,79)(H,58,78)(H,59,82)(H,60,71)(H,61,72)(H,62,81)(H,63,80)(H,64,83)(H,74,75)(H,76,77)/t33-,34-,35-,36-,37-,38-,39-/m0/s1. The number of benzene rings is 2. The Kier molecular flexibility index (Phi) is 26.9. The number of amides is 12. The highest BCUT2D eigenvalue weighted by atomic mass is 16.4. The van der Waals surface area contributed by atoms with Gasteiger partial charge in [0.1, 0.15) is 54.6 Å². The summed E-state index contributed by atoms with van der Waals surface area (Å²) >= 11 is 0. The molecule has 12 amide bonds. The van der Waals surface area contributed by atoms with Crippen LogP contribution < -0.4 is 58.9 Å². The number of aromatic hydroxyl groups is 1. The Labute approximate surface area is 481 Å². The summed E-state index contributed by atoms with van der Waals surface area (Å²) < 4.78 is 0. The van der Waals surface area contributed by atoms with Gasteiger partial charge in [0.15, 0.2) is 0 Å². The molecule has 458 valence electrons. The molecule has 2 aromatic rings. The first kappa shape index (κ1) is 67.2. The summed E-state index contributed by atoms with van der Waals surface area (Å²) in [5, 5.41) is 61.8. The minimum atomic E-state index is -1.91. The molecule has 0 aliphatic carbocycles. The van der Waals surface area contributed by atoms with Gasteiger partial charge >= 0.3 is 11.9 Å². The predicted octanol–water partition coefficient (Wildman–Crippen LogP) is -6.28. The van der Waals surface area contributed by atoms with Gasteiger partial charge in [-0.2, -0.15) is 0 Å². The number of aliphatic hydroxyl groups is 1. The molecule has 31 nitrogen and oxygen atoms in total. The van der Waals surface area contributed by atoms with Crippen LogP contribution in [0.1, 0.15) is 63.5 Å². The molecule has 0 spiro atoms. The van der Waals surface area contributed by atoms with Gasteiger partial charge in [-0.05, 0) is 61.3 Å². The first-order valence-corrected chi connectivity index (χ1v) is 26.9. The topological polar surface area (TPSA) is 473 Å². The average Bonchev–Trinajstić information content (AvgIpc) is 4.11. The fourth-order valence-electron chi connectivity index (χ4n) is 9.01. The Morgan fingerprint density at radius 1 is 0.524 bits per heavy atom. The largest absolute Gasteiger partial charge is 0.508 e. The van der Waals surface area contributed by atoms with Crippen LogP contribution in [0.25, 0.3) is 0 Å². The summed E-state index contributed by atoms with van der Waals surface area (Å²) in [6.07, 6.45) is 0.0223. The number of nitrogens with zero attached hydrogens (tertiary/aromatic N) is 2. The van der Waals surface area contributed by atoms with E-state index in [1.54, 1.807) is 44.2 Å². The molecule has 2 saturated heterocycles. The number of aliphatic hydroxyl groups excluding tert-OH is 1. The predicted molar refractivity (Wildman–Crippen MR) is 292 cm³/mol. The number of phenolic OH excluding ortho intramolecular Hbond substituents is 1. The smallest absolute Gasteiger partial charge is 0.322 e. The maximum absolute atomic E-state index is 14.0. The second kappa shape index (κ2) is 33.6. The summed E-state index contributed by atoms with van der Waals surface area (Å²) in [5.74, 6) is -13.5. The van der Waals surface area contributed by atoms with Gasteiger partial charge in [-0.1, -0.05) is 56.3 Å². The van der Waals surface area contributed by atoms with E-state index in [1.165, 1.54) is 34.1 Å². The molecule has 0 aromatic heterocycles. The lowest BCUT2D eigenvalue weighted by atomic mass is 10.0. The molecule has 31 heteroatoms. The molecule has 0 unspecified atom stereocenters. The van der Waals surface area contributed by atoms with Crippen molar-refractivity contribution in [1.82, 2.24) is 63.0 Å². The van der Waals surface area contributed by atoms with E-state index < -0.39 is 171 Å². The summed E-state index contributed by atoms with van der Waals surface area (Å²) in [4.78, 5) is 184. The van der Waals surface area contributed by atoms with Gasteiger partial charge in [-0.15, -0.1) is 0 Å². The van der Waals surface area contributed by atoms with Crippen LogP contribution in [0.15, 0.2) is 54.6 Å². The number of nitrogens with two attached hydrogens (primary N) is 1. The number of carboxylic acid groups (broad SMARTS) is 2. The van der Waals surface area contributed by atoms with Gasteiger partial charge in [0.05, 0.1) is 45.8 Å². The summed E-state index contributed by atoms with van der Waals surface area (Å²) in [6, 6.07) is 3.96. The lowest BCUT2D eigenvalue weighted by molar-refractivity contribution is -0.143. The fourth-order valence-corrected chi connectivity index (χ4v) is 9.01. The van der Waals surface area contributed by atoms with E-state index >= 15 is 0 Å². The zero-order valence-electron chi connectivity index (χ0n) is 46.3. The van der Waals surface area contributed by atoms with E-state index in [1.807, 2.05) is 0 Å². The van der Waals surface area contributed by atoms with Crippen molar-refractivity contribution in [2.24, 2.45) is 11.7 Å². The number of carboxylic acids is 2. The van der Waals surface area contributed by atoms with Crippen molar-refractivity contribution in [3.8, 4) is 5.75 Å². The van der Waals surface area contributed by atoms with Crippen LogP contribution in [0.2, 0.25) is 0 Å². The number of hydrogen-bond donors (Lipinski definition) is 15. The molecule has 2 aromatic carbocycles. The minimum absolute atomic E-state index is 0.120. The molecular weight excluding hydrogens is 1110 g/mol. The number of hydrogen-bond acceptors (Lipinski definition) is 17. The summed E-state index contributed by atoms with van der Waals surface area (Å²) in [7, 11) is 0. The highest BCUT2D eigenvalue weighted by molar-refractivity contribution is 5.99. The van der Waals surface area contributed by atoms with Gasteiger partial charge in [0.2, 0.25) is 70.9 Å². The zero-order chi connectivity index (χ0) is 62.0. The quantitative estimate of drug-likeness (QED) is 0.0324. The van der Waals surface area contributed by atoms with Crippen LogP contribution in [-0.4, -0.2) is 214 Å². The molecule has 0 radical (unpaired) electrons. The Bertz CT molecular complexity index is 2710. The van der Waals surface area contributed by atoms with E-state index in [0.717, 1.165) is 0 Å². The monoisotopic (exact) mass is 1180 g/mol. The number of rotatable bonds is 32. The normalized spacial score (nSPS) is 16.2. The molecule has 2 heterocycles. The van der Waals surface area contributed by atoms with Crippen molar-refractivity contribution in [2.75, 3.05) is 59.0 Å². The molecule has 0 bridgehead atoms. The number of phenols is 1. The van der Waals surface area contributed by atoms with Crippen molar-refractivity contribution in [3.63, 3.8) is 0 Å². The van der Waals surface area contributed by atoms with Crippen molar-refractivity contribution in [1.29, 1.82) is 0 Å². The van der Waals surface area contributed by atoms with Gasteiger partial charge in [0.25, 0.3) is 0 Å². The number of aliphatic carboxylic acids is 2. The second-order valence-corrected chi connectivity index (χ2v) is 20.1. The van der Waals surface area contributed by atoms with Crippen LogP contribution in [0.3, 0.4) is 0 Å². The molecule has 7 atom stereocenters. The van der Waals surface area contributed by atoms with Crippen LogP contribution >= 0.6 is 0 Å². The Balaban J connectivity index is 1.38. The van der Waals surface area contributed by atoms with E-state index in [2.05, 4.69) is 53.2 Å². The Morgan fingerprint density at radius 2 is 1.01 bits per heavy atom. The third kappa shape index (κ3) is 22.2. The highest BCUT2D eigenvalue weighted by Crippen LogP contribution is 2.21. The SMILES string of the molecule is CC(C)C[C@H](NC(=O)CNC(=O)[C@H](Cc1ccccc1)NC(=O)[C@H](CC(=O)O)NC(=O)[C@H](Cc1ccc(O)cc1)NC(=O)CNC(=O)CNC(=O)CNC(=O)[C@H](CO)NC(=O)[C@@H]1CCCN1C(=O)CN)C(=O)N1CCC[C@H]1C(=O)NCC(=O)O. The molecule has 2 aliphatic heterocycles. The number of carbonyl (C=O) groups excluding carboxylic acids is 12. The third-order valence-electron chi connectivity index (χ3n) is 13.2. The maximum Gasteiger partial charge on any atom is 0.322 e. The number of likely N-dealkylation sites (tertiary alicyclic amines) is 2. The van der Waals surface area contributed by atoms with Crippen molar-refractivity contribution in [3.05, 3.63) is 65.7 Å². The molecule has 2 fully saturated rings. The molecule has 2 aliphatic rings. The molecule has 16 N–H and O–H groups in total. The molecule has 4 rings (SSSR count). The van der Waals surface area contributed by atoms with Gasteiger partial charge in [-0.3, -0.25) is 67.1 Å². The van der Waals surface area contributed by atoms with Crippen LogP contribution in [0, 0.1) is 5.92 Å². The van der Waals surface area contributed by atoms with Crippen molar-refractivity contribution < 1.29 is 87.5 Å². The molecular formula is C53H73N13O18. The average molecular weight is 1180 g/mol. The van der Waals surface area contributed by atoms with Crippen LogP contribution in [0.4, 0.5) is 0 Å². The summed E-state index contributed by atoms with van der Waals surface area (Å²) in [5.41, 5.74) is 6.26. The van der Waals surface area contributed by atoms with E-state index in [-0.39, 0.29) is 57.0 Å². The second-order valence-electron chi connectivity index (χ2n) is 20.1. The van der Waals surface area contributed by atoms with Gasteiger partial charge in [-0.25, -0.2) is 0 Å². The van der Waals surface area contributed by atoms with Crippen LogP contribution in [0.5, 0.6) is 5.75 Å². The van der Waals surface area contributed by atoms with Gasteiger partial charge < -0.3 is 89.1 Å². The van der Waals surface area contributed by atoms with Crippen LogP contribution in [-0.2, 0) is 80.0 Å². The Hall–Kier alpha value is -9.26. The molecule has 0 saturated carbocycles. The number of carbonyl (C=O) groups is 14. The summed E-state index contributed by atoms with van der Waals surface area (Å²) in [6.45, 7) is -0.818. The van der Waals surface area contributed by atoms with Gasteiger partial charge in [0, 0.05) is 25.9 Å². The number of nitrogens with one attached hydrogen (secondary N) is 10. The fraction of sp³-hybridized carbons (Fsp3) is 0.509. The molecule has 84 heavy (non-hydrogen) atoms. The van der Waals surface area contributed by atoms with E-state index in [9.17, 15) is 82.4 Å². The third-order valence-corrected chi connectivity index (χ3v) is 13.2. The van der Waals surface area contributed by atoms with E-state index in [4.69, 9.17) is 10.8 Å².